The van der Waals surface area contributed by atoms with Gasteiger partial charge >= 0.3 is 0 Å². The molecular formula is C14H19IO. The molecule has 0 spiro atoms. The second-order valence-electron chi connectivity index (χ2n) is 5.02. The largest absolute Gasteiger partial charge is 0.396 e. The van der Waals surface area contributed by atoms with Crippen molar-refractivity contribution < 1.29 is 5.11 Å². The molecule has 88 valence electrons. The second-order valence-corrected chi connectivity index (χ2v) is 6.27. The van der Waals surface area contributed by atoms with Crippen molar-refractivity contribution in [3.05, 3.63) is 33.4 Å². The SMILES string of the molecule is OCC1(Cc2ccc(I)cc2)CCCCC1. The van der Waals surface area contributed by atoms with Crippen LogP contribution in [-0.2, 0) is 6.42 Å². The van der Waals surface area contributed by atoms with E-state index in [0.717, 1.165) is 6.42 Å². The Morgan fingerprint density at radius 2 is 1.69 bits per heavy atom. The molecule has 1 fully saturated rings. The molecule has 0 aliphatic heterocycles. The number of hydrogen-bond acceptors (Lipinski definition) is 1. The first kappa shape index (κ1) is 12.4. The Kier molecular flexibility index (Phi) is 4.25. The van der Waals surface area contributed by atoms with Gasteiger partial charge in [0.2, 0.25) is 0 Å². The monoisotopic (exact) mass is 330 g/mol. The number of aliphatic hydroxyl groups is 1. The predicted molar refractivity (Wildman–Crippen MR) is 75.5 cm³/mol. The summed E-state index contributed by atoms with van der Waals surface area (Å²) in [7, 11) is 0. The van der Waals surface area contributed by atoms with Crippen molar-refractivity contribution in [2.75, 3.05) is 6.61 Å². The maximum Gasteiger partial charge on any atom is 0.0490 e. The van der Waals surface area contributed by atoms with Gasteiger partial charge in [-0.3, -0.25) is 0 Å². The molecule has 1 aliphatic rings. The zero-order valence-corrected chi connectivity index (χ0v) is 11.7. The molecule has 1 N–H and O–H groups in total. The van der Waals surface area contributed by atoms with Gasteiger partial charge in [0.15, 0.2) is 0 Å². The van der Waals surface area contributed by atoms with Crippen LogP contribution in [-0.4, -0.2) is 11.7 Å². The first-order valence-electron chi connectivity index (χ1n) is 6.09. The Labute approximate surface area is 111 Å². The molecule has 0 aromatic heterocycles. The van der Waals surface area contributed by atoms with Gasteiger partial charge in [-0.15, -0.1) is 0 Å². The number of benzene rings is 1. The van der Waals surface area contributed by atoms with E-state index in [9.17, 15) is 5.11 Å². The van der Waals surface area contributed by atoms with Crippen molar-refractivity contribution in [3.63, 3.8) is 0 Å². The second kappa shape index (κ2) is 5.50. The van der Waals surface area contributed by atoms with E-state index in [1.54, 1.807) is 0 Å². The van der Waals surface area contributed by atoms with E-state index in [-0.39, 0.29) is 5.41 Å². The van der Waals surface area contributed by atoms with E-state index in [1.165, 1.54) is 41.2 Å². The molecule has 2 rings (SSSR count). The standard InChI is InChI=1S/C14H19IO/c15-13-6-4-12(5-7-13)10-14(11-16)8-2-1-3-9-14/h4-7,16H,1-3,8-11H2. The summed E-state index contributed by atoms with van der Waals surface area (Å²) < 4.78 is 1.28. The summed E-state index contributed by atoms with van der Waals surface area (Å²) >= 11 is 2.33. The predicted octanol–water partition coefficient (Wildman–Crippen LogP) is 3.78. The third-order valence-corrected chi connectivity index (χ3v) is 4.46. The van der Waals surface area contributed by atoms with E-state index >= 15 is 0 Å². The van der Waals surface area contributed by atoms with Crippen LogP contribution in [0.2, 0.25) is 0 Å². The first-order valence-corrected chi connectivity index (χ1v) is 7.17. The normalized spacial score (nSPS) is 19.6. The molecular weight excluding hydrogens is 311 g/mol. The van der Waals surface area contributed by atoms with Gasteiger partial charge in [0.05, 0.1) is 0 Å². The molecule has 1 aromatic carbocycles. The van der Waals surface area contributed by atoms with Crippen molar-refractivity contribution >= 4 is 22.6 Å². The molecule has 0 radical (unpaired) electrons. The Morgan fingerprint density at radius 1 is 1.06 bits per heavy atom. The molecule has 0 amide bonds. The van der Waals surface area contributed by atoms with Crippen LogP contribution < -0.4 is 0 Å². The molecule has 0 atom stereocenters. The zero-order chi connectivity index (χ0) is 11.4. The maximum atomic E-state index is 9.66. The quantitative estimate of drug-likeness (QED) is 0.837. The first-order chi connectivity index (χ1) is 7.74. The van der Waals surface area contributed by atoms with E-state index in [0.29, 0.717) is 6.61 Å². The summed E-state index contributed by atoms with van der Waals surface area (Å²) in [6.45, 7) is 0.346. The Morgan fingerprint density at radius 3 is 2.25 bits per heavy atom. The van der Waals surface area contributed by atoms with Crippen LogP contribution in [0.25, 0.3) is 0 Å². The number of rotatable bonds is 3. The lowest BCUT2D eigenvalue weighted by Gasteiger charge is -2.35. The van der Waals surface area contributed by atoms with Gasteiger partial charge in [-0.2, -0.15) is 0 Å². The van der Waals surface area contributed by atoms with Gasteiger partial charge in [-0.05, 0) is 65.0 Å². The molecule has 16 heavy (non-hydrogen) atoms. The minimum absolute atomic E-state index is 0.172. The number of hydrogen-bond donors (Lipinski definition) is 1. The van der Waals surface area contributed by atoms with Crippen molar-refractivity contribution in [3.8, 4) is 0 Å². The lowest BCUT2D eigenvalue weighted by atomic mass is 9.71. The summed E-state index contributed by atoms with van der Waals surface area (Å²) in [5.74, 6) is 0. The number of aliphatic hydroxyl groups excluding tert-OH is 1. The van der Waals surface area contributed by atoms with Crippen LogP contribution in [0, 0.1) is 8.99 Å². The molecule has 2 heteroatoms. The minimum atomic E-state index is 0.172. The topological polar surface area (TPSA) is 20.2 Å². The van der Waals surface area contributed by atoms with Crippen LogP contribution in [0.1, 0.15) is 37.7 Å². The van der Waals surface area contributed by atoms with Crippen molar-refractivity contribution in [1.29, 1.82) is 0 Å². The van der Waals surface area contributed by atoms with Crippen molar-refractivity contribution in [1.82, 2.24) is 0 Å². The van der Waals surface area contributed by atoms with Gasteiger partial charge in [0.1, 0.15) is 0 Å². The lowest BCUT2D eigenvalue weighted by molar-refractivity contribution is 0.0823. The fraction of sp³-hybridized carbons (Fsp3) is 0.571. The lowest BCUT2D eigenvalue weighted by Crippen LogP contribution is -2.30. The average molecular weight is 330 g/mol. The summed E-state index contributed by atoms with van der Waals surface area (Å²) in [6, 6.07) is 8.72. The van der Waals surface area contributed by atoms with Gasteiger partial charge in [0.25, 0.3) is 0 Å². The molecule has 0 heterocycles. The summed E-state index contributed by atoms with van der Waals surface area (Å²) in [5.41, 5.74) is 1.54. The van der Waals surface area contributed by atoms with Crippen LogP contribution in [0.4, 0.5) is 0 Å². The molecule has 1 aromatic rings. The Balaban J connectivity index is 2.08. The highest BCUT2D eigenvalue weighted by Crippen LogP contribution is 2.38. The molecule has 0 unspecified atom stereocenters. The Hall–Kier alpha value is -0.0900. The minimum Gasteiger partial charge on any atom is -0.396 e. The molecule has 1 nitrogen and oxygen atoms in total. The van der Waals surface area contributed by atoms with Crippen LogP contribution in [0.15, 0.2) is 24.3 Å². The fourth-order valence-electron chi connectivity index (χ4n) is 2.73. The third kappa shape index (κ3) is 2.98. The highest BCUT2D eigenvalue weighted by molar-refractivity contribution is 14.1. The molecule has 1 saturated carbocycles. The summed E-state index contributed by atoms with van der Waals surface area (Å²) in [5, 5.41) is 9.66. The smallest absolute Gasteiger partial charge is 0.0490 e. The highest BCUT2D eigenvalue weighted by atomic mass is 127. The van der Waals surface area contributed by atoms with Crippen LogP contribution >= 0.6 is 22.6 Å². The van der Waals surface area contributed by atoms with Gasteiger partial charge in [-0.1, -0.05) is 31.4 Å². The fourth-order valence-corrected chi connectivity index (χ4v) is 3.09. The van der Waals surface area contributed by atoms with E-state index in [2.05, 4.69) is 46.9 Å². The van der Waals surface area contributed by atoms with Crippen LogP contribution in [0.5, 0.6) is 0 Å². The average Bonchev–Trinajstić information content (AvgIpc) is 2.33. The number of halogens is 1. The summed E-state index contributed by atoms with van der Waals surface area (Å²) in [4.78, 5) is 0. The highest BCUT2D eigenvalue weighted by Gasteiger charge is 2.31. The third-order valence-electron chi connectivity index (χ3n) is 3.74. The maximum absolute atomic E-state index is 9.66. The van der Waals surface area contributed by atoms with E-state index < -0.39 is 0 Å². The molecule has 0 saturated heterocycles. The van der Waals surface area contributed by atoms with Crippen LogP contribution in [0.3, 0.4) is 0 Å². The van der Waals surface area contributed by atoms with Crippen molar-refractivity contribution in [2.45, 2.75) is 38.5 Å². The molecule has 0 bridgehead atoms. The van der Waals surface area contributed by atoms with E-state index in [4.69, 9.17) is 0 Å². The van der Waals surface area contributed by atoms with Crippen molar-refractivity contribution in [2.24, 2.45) is 5.41 Å². The summed E-state index contributed by atoms with van der Waals surface area (Å²) in [6.07, 6.45) is 7.33. The van der Waals surface area contributed by atoms with Gasteiger partial charge < -0.3 is 5.11 Å². The molecule has 1 aliphatic carbocycles. The van der Waals surface area contributed by atoms with E-state index in [1.807, 2.05) is 0 Å². The zero-order valence-electron chi connectivity index (χ0n) is 9.58. The Bertz CT molecular complexity index is 325. The van der Waals surface area contributed by atoms with Gasteiger partial charge in [-0.25, -0.2) is 0 Å². The van der Waals surface area contributed by atoms with Gasteiger partial charge in [0, 0.05) is 10.2 Å².